The third-order valence-electron chi connectivity index (χ3n) is 4.83. The van der Waals surface area contributed by atoms with Gasteiger partial charge in [-0.15, -0.1) is 34.2 Å². The highest BCUT2D eigenvalue weighted by molar-refractivity contribution is 14.0. The molecular formula is C19H32IN9O. The first kappa shape index (κ1) is 24.3. The maximum atomic E-state index is 5.15. The molecule has 11 heteroatoms. The molecule has 0 aromatic carbocycles. The normalized spacial score (nSPS) is 14.5. The molecule has 10 nitrogen and oxygen atoms in total. The van der Waals surface area contributed by atoms with E-state index >= 15 is 0 Å². The van der Waals surface area contributed by atoms with Crippen molar-refractivity contribution < 1.29 is 4.74 Å². The number of anilines is 1. The minimum absolute atomic E-state index is 0. The second-order valence-electron chi connectivity index (χ2n) is 6.80. The van der Waals surface area contributed by atoms with Crippen molar-refractivity contribution in [1.29, 1.82) is 0 Å². The van der Waals surface area contributed by atoms with Crippen molar-refractivity contribution in [2.45, 2.75) is 26.3 Å². The number of ether oxygens (including phenoxy) is 1. The second-order valence-corrected chi connectivity index (χ2v) is 6.80. The summed E-state index contributed by atoms with van der Waals surface area (Å²) in [5.41, 5.74) is 0. The molecule has 0 radical (unpaired) electrons. The van der Waals surface area contributed by atoms with Gasteiger partial charge in [-0.3, -0.25) is 4.99 Å². The van der Waals surface area contributed by atoms with Crippen LogP contribution in [0.2, 0.25) is 0 Å². The molecule has 0 spiro atoms. The molecule has 166 valence electrons. The summed E-state index contributed by atoms with van der Waals surface area (Å²) in [7, 11) is 1.72. The lowest BCUT2D eigenvalue weighted by Gasteiger charge is -2.36. The Morgan fingerprint density at radius 3 is 2.67 bits per heavy atom. The van der Waals surface area contributed by atoms with E-state index in [2.05, 4.69) is 46.8 Å². The van der Waals surface area contributed by atoms with Gasteiger partial charge in [0.25, 0.3) is 0 Å². The van der Waals surface area contributed by atoms with E-state index < -0.39 is 0 Å². The number of nitrogens with one attached hydrogen (secondary N) is 1. The van der Waals surface area contributed by atoms with Crippen molar-refractivity contribution in [3.8, 4) is 0 Å². The van der Waals surface area contributed by atoms with E-state index in [4.69, 9.17) is 9.73 Å². The molecule has 30 heavy (non-hydrogen) atoms. The molecule has 2 aromatic rings. The number of hydrogen-bond acceptors (Lipinski definition) is 7. The molecule has 1 fully saturated rings. The van der Waals surface area contributed by atoms with Crippen molar-refractivity contribution >= 4 is 35.9 Å². The number of hydrogen-bond donors (Lipinski definition) is 1. The van der Waals surface area contributed by atoms with Gasteiger partial charge in [0.2, 0.25) is 5.95 Å². The Hall–Kier alpha value is -2.02. The summed E-state index contributed by atoms with van der Waals surface area (Å²) in [6, 6.07) is 1.84. The number of nitrogens with zero attached hydrogens (tertiary/aromatic N) is 8. The standard InChI is InChI=1S/C19H31N9O.HI/c1-3-17-25-24-16-28(17)10-9-23-19(22-8-5-15-29-2)27-13-11-26(12-14-27)18-20-6-4-7-21-18;/h4,6-7,16H,3,5,8-15H2,1-2H3,(H,22,23);1H. The lowest BCUT2D eigenvalue weighted by atomic mass is 10.3. The Bertz CT molecular complexity index is 747. The van der Waals surface area contributed by atoms with E-state index in [1.807, 2.05) is 6.07 Å². The van der Waals surface area contributed by atoms with Crippen LogP contribution >= 0.6 is 24.0 Å². The SMILES string of the molecule is CCc1nncn1CCNC(=NCCCOC)N1CCN(c2ncccn2)CC1.I. The van der Waals surface area contributed by atoms with E-state index in [-0.39, 0.29) is 24.0 Å². The highest BCUT2D eigenvalue weighted by Crippen LogP contribution is 2.10. The summed E-state index contributed by atoms with van der Waals surface area (Å²) < 4.78 is 7.23. The summed E-state index contributed by atoms with van der Waals surface area (Å²) in [6.07, 6.45) is 7.14. The molecular weight excluding hydrogens is 497 g/mol. The number of rotatable bonds is 9. The van der Waals surface area contributed by atoms with Crippen LogP contribution in [-0.2, 0) is 17.7 Å². The molecule has 1 N–H and O–H groups in total. The number of piperazine rings is 1. The molecule has 1 aliphatic heterocycles. The van der Waals surface area contributed by atoms with Gasteiger partial charge >= 0.3 is 0 Å². The average Bonchev–Trinajstić information content (AvgIpc) is 3.24. The zero-order chi connectivity index (χ0) is 20.3. The first-order valence-corrected chi connectivity index (χ1v) is 10.2. The van der Waals surface area contributed by atoms with Gasteiger partial charge in [-0.1, -0.05) is 6.92 Å². The van der Waals surface area contributed by atoms with Gasteiger partial charge < -0.3 is 24.4 Å². The molecule has 0 atom stereocenters. The third-order valence-corrected chi connectivity index (χ3v) is 4.83. The fourth-order valence-corrected chi connectivity index (χ4v) is 3.26. The van der Waals surface area contributed by atoms with Crippen LogP contribution in [0.25, 0.3) is 0 Å². The van der Waals surface area contributed by atoms with Gasteiger partial charge in [0.05, 0.1) is 0 Å². The first-order valence-electron chi connectivity index (χ1n) is 10.2. The van der Waals surface area contributed by atoms with Crippen LogP contribution in [0, 0.1) is 0 Å². The Morgan fingerprint density at radius 1 is 1.20 bits per heavy atom. The Kier molecular flexibility index (Phi) is 10.8. The van der Waals surface area contributed by atoms with Crippen LogP contribution < -0.4 is 10.2 Å². The predicted molar refractivity (Wildman–Crippen MR) is 127 cm³/mol. The molecule has 0 unspecified atom stereocenters. The quantitative estimate of drug-likeness (QED) is 0.223. The average molecular weight is 529 g/mol. The number of methoxy groups -OCH3 is 1. The molecule has 2 aromatic heterocycles. The summed E-state index contributed by atoms with van der Waals surface area (Å²) in [6.45, 7) is 8.63. The van der Waals surface area contributed by atoms with Crippen LogP contribution in [0.4, 0.5) is 5.95 Å². The zero-order valence-corrected chi connectivity index (χ0v) is 20.1. The number of aromatic nitrogens is 5. The van der Waals surface area contributed by atoms with Crippen molar-refractivity contribution in [3.05, 3.63) is 30.6 Å². The molecule has 1 aliphatic rings. The van der Waals surface area contributed by atoms with Crippen LogP contribution in [0.15, 0.2) is 29.8 Å². The van der Waals surface area contributed by atoms with E-state index in [9.17, 15) is 0 Å². The van der Waals surface area contributed by atoms with E-state index in [0.29, 0.717) is 0 Å². The van der Waals surface area contributed by atoms with Crippen molar-refractivity contribution in [2.75, 3.05) is 57.9 Å². The van der Waals surface area contributed by atoms with Gasteiger partial charge in [-0.25, -0.2) is 9.97 Å². The Labute approximate surface area is 195 Å². The van der Waals surface area contributed by atoms with Crippen LogP contribution in [0.1, 0.15) is 19.2 Å². The molecule has 0 aliphatic carbocycles. The highest BCUT2D eigenvalue weighted by Gasteiger charge is 2.21. The van der Waals surface area contributed by atoms with E-state index in [1.165, 1.54) is 0 Å². The predicted octanol–water partition coefficient (Wildman–Crippen LogP) is 1.05. The molecule has 1 saturated heterocycles. The lowest BCUT2D eigenvalue weighted by molar-refractivity contribution is 0.197. The Morgan fingerprint density at radius 2 is 1.97 bits per heavy atom. The minimum Gasteiger partial charge on any atom is -0.385 e. The van der Waals surface area contributed by atoms with Crippen molar-refractivity contribution in [2.24, 2.45) is 4.99 Å². The van der Waals surface area contributed by atoms with Gasteiger partial charge in [0.1, 0.15) is 12.2 Å². The fourth-order valence-electron chi connectivity index (χ4n) is 3.26. The number of aryl methyl sites for hydroxylation is 1. The Balaban J connectivity index is 0.00000320. The number of guanidine groups is 1. The molecule has 0 bridgehead atoms. The smallest absolute Gasteiger partial charge is 0.225 e. The zero-order valence-electron chi connectivity index (χ0n) is 17.8. The highest BCUT2D eigenvalue weighted by atomic mass is 127. The number of halogens is 1. The largest absolute Gasteiger partial charge is 0.385 e. The molecule has 0 saturated carbocycles. The molecule has 3 rings (SSSR count). The summed E-state index contributed by atoms with van der Waals surface area (Å²) in [5, 5.41) is 11.7. The van der Waals surface area contributed by atoms with Crippen LogP contribution in [0.3, 0.4) is 0 Å². The second kappa shape index (κ2) is 13.3. The van der Waals surface area contributed by atoms with Crippen LogP contribution in [0.5, 0.6) is 0 Å². The van der Waals surface area contributed by atoms with E-state index in [0.717, 1.165) is 83.0 Å². The van der Waals surface area contributed by atoms with Gasteiger partial charge in [0.15, 0.2) is 5.96 Å². The van der Waals surface area contributed by atoms with Crippen molar-refractivity contribution in [3.63, 3.8) is 0 Å². The van der Waals surface area contributed by atoms with E-state index in [1.54, 1.807) is 25.8 Å². The maximum Gasteiger partial charge on any atom is 0.225 e. The third kappa shape index (κ3) is 7.04. The van der Waals surface area contributed by atoms with Gasteiger partial charge in [-0.05, 0) is 12.5 Å². The monoisotopic (exact) mass is 529 g/mol. The topological polar surface area (TPSA) is 96.6 Å². The molecule has 0 amide bonds. The lowest BCUT2D eigenvalue weighted by Crippen LogP contribution is -2.53. The summed E-state index contributed by atoms with van der Waals surface area (Å²) >= 11 is 0. The minimum atomic E-state index is 0. The number of aliphatic imine (C=N–C) groups is 1. The van der Waals surface area contributed by atoms with Gasteiger partial charge in [-0.2, -0.15) is 0 Å². The molecule has 3 heterocycles. The summed E-state index contributed by atoms with van der Waals surface area (Å²) in [5.74, 6) is 2.74. The van der Waals surface area contributed by atoms with Crippen molar-refractivity contribution in [1.82, 2.24) is 34.9 Å². The maximum absolute atomic E-state index is 5.15. The van der Waals surface area contributed by atoms with Crippen LogP contribution in [-0.4, -0.2) is 88.6 Å². The van der Waals surface area contributed by atoms with Gasteiger partial charge in [0, 0.05) is 78.3 Å². The summed E-state index contributed by atoms with van der Waals surface area (Å²) in [4.78, 5) is 18.0. The first-order chi connectivity index (χ1) is 14.3. The fraction of sp³-hybridized carbons (Fsp3) is 0.632.